The summed E-state index contributed by atoms with van der Waals surface area (Å²) in [7, 11) is 0. The van der Waals surface area contributed by atoms with Gasteiger partial charge in [-0.25, -0.2) is 0 Å². The average Bonchev–Trinajstić information content (AvgIpc) is 2.39. The van der Waals surface area contributed by atoms with E-state index in [0.29, 0.717) is 11.7 Å². The first-order valence-electron chi connectivity index (χ1n) is 5.85. The summed E-state index contributed by atoms with van der Waals surface area (Å²) in [6.45, 7) is 0. The Bertz CT molecular complexity index is 519. The zero-order valence-electron chi connectivity index (χ0n) is 9.47. The van der Waals surface area contributed by atoms with Crippen LogP contribution < -0.4 is 0 Å². The topological polar surface area (TPSA) is 20.2 Å². The van der Waals surface area contributed by atoms with Crippen molar-refractivity contribution < 1.29 is 5.11 Å². The molecule has 0 amide bonds. The highest BCUT2D eigenvalue weighted by Crippen LogP contribution is 2.41. The van der Waals surface area contributed by atoms with Crippen molar-refractivity contribution in [3.8, 4) is 5.75 Å². The fourth-order valence-corrected chi connectivity index (χ4v) is 3.52. The summed E-state index contributed by atoms with van der Waals surface area (Å²) in [5.41, 5.74) is 2.73. The van der Waals surface area contributed by atoms with E-state index in [2.05, 4.69) is 24.3 Å². The molecule has 1 heterocycles. The van der Waals surface area contributed by atoms with Crippen molar-refractivity contribution in [2.45, 2.75) is 17.2 Å². The van der Waals surface area contributed by atoms with Crippen molar-refractivity contribution in [3.05, 3.63) is 59.7 Å². The van der Waals surface area contributed by atoms with Gasteiger partial charge in [-0.2, -0.15) is 0 Å². The molecule has 17 heavy (non-hydrogen) atoms. The number of hydrogen-bond donors (Lipinski definition) is 1. The van der Waals surface area contributed by atoms with Crippen LogP contribution in [0.2, 0.25) is 0 Å². The van der Waals surface area contributed by atoms with Gasteiger partial charge in [-0.3, -0.25) is 0 Å². The first kappa shape index (κ1) is 10.7. The molecule has 0 aliphatic carbocycles. The van der Waals surface area contributed by atoms with E-state index < -0.39 is 0 Å². The maximum atomic E-state index is 9.35. The molecule has 1 aliphatic rings. The highest BCUT2D eigenvalue weighted by molar-refractivity contribution is 7.99. The zero-order valence-corrected chi connectivity index (χ0v) is 10.3. The second-order valence-electron chi connectivity index (χ2n) is 4.32. The summed E-state index contributed by atoms with van der Waals surface area (Å²) in [5, 5.41) is 9.35. The minimum atomic E-state index is 0.340. The summed E-state index contributed by atoms with van der Waals surface area (Å²) < 4.78 is 0. The quantitative estimate of drug-likeness (QED) is 0.815. The van der Waals surface area contributed by atoms with Crippen LogP contribution in [-0.2, 0) is 0 Å². The summed E-state index contributed by atoms with van der Waals surface area (Å²) in [4.78, 5) is 1.40. The van der Waals surface area contributed by atoms with E-state index in [4.69, 9.17) is 0 Å². The Morgan fingerprint density at radius 2 is 1.76 bits per heavy atom. The number of phenolic OH excluding ortho intramolecular Hbond substituents is 1. The Kier molecular flexibility index (Phi) is 2.81. The third-order valence-corrected chi connectivity index (χ3v) is 4.38. The Morgan fingerprint density at radius 3 is 2.59 bits per heavy atom. The van der Waals surface area contributed by atoms with E-state index in [1.807, 2.05) is 23.9 Å². The van der Waals surface area contributed by atoms with Gasteiger partial charge in [0.15, 0.2) is 0 Å². The van der Waals surface area contributed by atoms with Gasteiger partial charge in [0.2, 0.25) is 0 Å². The normalized spacial score (nSPS) is 18.7. The Labute approximate surface area is 105 Å². The average molecular weight is 242 g/mol. The summed E-state index contributed by atoms with van der Waals surface area (Å²) in [5.74, 6) is 1.99. The molecule has 0 bridgehead atoms. The first-order valence-corrected chi connectivity index (χ1v) is 6.84. The molecular formula is C15H14OS. The van der Waals surface area contributed by atoms with Crippen LogP contribution >= 0.6 is 11.8 Å². The highest BCUT2D eigenvalue weighted by atomic mass is 32.2. The van der Waals surface area contributed by atoms with Crippen LogP contribution in [0.25, 0.3) is 0 Å². The molecule has 1 N–H and O–H groups in total. The van der Waals surface area contributed by atoms with Gasteiger partial charge >= 0.3 is 0 Å². The van der Waals surface area contributed by atoms with Crippen molar-refractivity contribution in [1.82, 2.24) is 0 Å². The van der Waals surface area contributed by atoms with Crippen molar-refractivity contribution >= 4 is 11.8 Å². The monoisotopic (exact) mass is 242 g/mol. The van der Waals surface area contributed by atoms with E-state index in [-0.39, 0.29) is 0 Å². The molecule has 0 fully saturated rings. The second-order valence-corrected chi connectivity index (χ2v) is 5.46. The van der Waals surface area contributed by atoms with Crippen LogP contribution in [-0.4, -0.2) is 10.9 Å². The second kappa shape index (κ2) is 4.46. The third-order valence-electron chi connectivity index (χ3n) is 3.25. The van der Waals surface area contributed by atoms with E-state index in [1.54, 1.807) is 12.1 Å². The third kappa shape index (κ3) is 2.05. The first-order chi connectivity index (χ1) is 8.34. The van der Waals surface area contributed by atoms with Crippen LogP contribution in [0.5, 0.6) is 5.75 Å². The number of phenols is 1. The van der Waals surface area contributed by atoms with Crippen molar-refractivity contribution in [2.24, 2.45) is 0 Å². The SMILES string of the molecule is Oc1ccc(C2CCSc3ccccc32)cc1. The molecule has 1 nitrogen and oxygen atoms in total. The minimum absolute atomic E-state index is 0.340. The molecule has 0 radical (unpaired) electrons. The van der Waals surface area contributed by atoms with Crippen molar-refractivity contribution in [2.75, 3.05) is 5.75 Å². The standard InChI is InChI=1S/C15H14OS/c16-12-7-5-11(6-8-12)13-9-10-17-15-4-2-1-3-14(13)15/h1-8,13,16H,9-10H2. The molecule has 0 aromatic heterocycles. The van der Waals surface area contributed by atoms with Gasteiger partial charge < -0.3 is 5.11 Å². The molecule has 1 atom stereocenters. The molecule has 3 rings (SSSR count). The number of aromatic hydroxyl groups is 1. The fraction of sp³-hybridized carbons (Fsp3) is 0.200. The van der Waals surface area contributed by atoms with Crippen molar-refractivity contribution in [3.63, 3.8) is 0 Å². The van der Waals surface area contributed by atoms with Crippen LogP contribution in [0.1, 0.15) is 23.5 Å². The summed E-state index contributed by atoms with van der Waals surface area (Å²) >= 11 is 1.94. The number of thioether (sulfide) groups is 1. The lowest BCUT2D eigenvalue weighted by atomic mass is 9.89. The highest BCUT2D eigenvalue weighted by Gasteiger charge is 2.21. The van der Waals surface area contributed by atoms with Gasteiger partial charge in [-0.1, -0.05) is 30.3 Å². The fourth-order valence-electron chi connectivity index (χ4n) is 2.39. The molecule has 86 valence electrons. The minimum Gasteiger partial charge on any atom is -0.508 e. The lowest BCUT2D eigenvalue weighted by Gasteiger charge is -2.25. The van der Waals surface area contributed by atoms with Gasteiger partial charge in [0.1, 0.15) is 5.75 Å². The van der Waals surface area contributed by atoms with Crippen LogP contribution in [0, 0.1) is 0 Å². The van der Waals surface area contributed by atoms with E-state index in [9.17, 15) is 5.11 Å². The lowest BCUT2D eigenvalue weighted by Crippen LogP contribution is -2.08. The Hall–Kier alpha value is -1.41. The van der Waals surface area contributed by atoms with Gasteiger partial charge in [0.05, 0.1) is 0 Å². The van der Waals surface area contributed by atoms with Crippen molar-refractivity contribution in [1.29, 1.82) is 0 Å². The molecule has 1 aliphatic heterocycles. The molecule has 1 unspecified atom stereocenters. The molecule has 0 saturated heterocycles. The molecular weight excluding hydrogens is 228 g/mol. The van der Waals surface area contributed by atoms with Crippen LogP contribution in [0.4, 0.5) is 0 Å². The molecule has 2 aromatic carbocycles. The number of benzene rings is 2. The summed E-state index contributed by atoms with van der Waals surface area (Å²) in [6, 6.07) is 16.3. The number of rotatable bonds is 1. The van der Waals surface area contributed by atoms with E-state index in [1.165, 1.54) is 28.2 Å². The van der Waals surface area contributed by atoms with Gasteiger partial charge in [-0.15, -0.1) is 11.8 Å². The van der Waals surface area contributed by atoms with Gasteiger partial charge in [0.25, 0.3) is 0 Å². The predicted octanol–water partition coefficient (Wildman–Crippen LogP) is 4.02. The van der Waals surface area contributed by atoms with Crippen LogP contribution in [0.3, 0.4) is 0 Å². The number of hydrogen-bond acceptors (Lipinski definition) is 2. The molecule has 0 spiro atoms. The maximum Gasteiger partial charge on any atom is 0.115 e. The molecule has 0 saturated carbocycles. The maximum absolute atomic E-state index is 9.35. The van der Waals surface area contributed by atoms with E-state index >= 15 is 0 Å². The predicted molar refractivity (Wildman–Crippen MR) is 71.7 cm³/mol. The molecule has 2 heteroatoms. The smallest absolute Gasteiger partial charge is 0.115 e. The molecule has 2 aromatic rings. The largest absolute Gasteiger partial charge is 0.508 e. The van der Waals surface area contributed by atoms with Gasteiger partial charge in [0, 0.05) is 10.8 Å². The Morgan fingerprint density at radius 1 is 1.00 bits per heavy atom. The van der Waals surface area contributed by atoms with Gasteiger partial charge in [-0.05, 0) is 41.5 Å². The van der Waals surface area contributed by atoms with Crippen LogP contribution in [0.15, 0.2) is 53.4 Å². The Balaban J connectivity index is 2.03. The zero-order chi connectivity index (χ0) is 11.7. The lowest BCUT2D eigenvalue weighted by molar-refractivity contribution is 0.475. The number of fused-ring (bicyclic) bond motifs is 1. The summed E-state index contributed by atoms with van der Waals surface area (Å²) in [6.07, 6.45) is 1.17. The van der Waals surface area contributed by atoms with E-state index in [0.717, 1.165) is 0 Å².